The Morgan fingerprint density at radius 3 is 2.33 bits per heavy atom. The van der Waals surface area contributed by atoms with Gasteiger partial charge >= 0.3 is 6.03 Å². The summed E-state index contributed by atoms with van der Waals surface area (Å²) in [6, 6.07) is 15.6. The third-order valence-electron chi connectivity index (χ3n) is 5.08. The minimum atomic E-state index is -0.873. The van der Waals surface area contributed by atoms with E-state index in [1.807, 2.05) is 12.1 Å². The SMILES string of the molecule is CCOc1cc(/C=C2\C(=O)NC(=O)N(c3cccc(Cl)c3)C2=O)cc(Cl)c1OCc1cccc(Cl)c1. The second-order valence-electron chi connectivity index (χ2n) is 7.62. The molecule has 184 valence electrons. The molecule has 1 N–H and O–H groups in total. The van der Waals surface area contributed by atoms with Crippen LogP contribution in [0.4, 0.5) is 10.5 Å². The van der Waals surface area contributed by atoms with E-state index in [1.165, 1.54) is 24.3 Å². The molecule has 4 amide bonds. The first-order chi connectivity index (χ1) is 17.3. The molecule has 3 aromatic carbocycles. The first-order valence-electron chi connectivity index (χ1n) is 10.8. The Morgan fingerprint density at radius 2 is 1.64 bits per heavy atom. The van der Waals surface area contributed by atoms with Crippen LogP contribution in [0.5, 0.6) is 11.5 Å². The molecule has 0 unspecified atom stereocenters. The number of nitrogens with zero attached hydrogens (tertiary/aromatic N) is 1. The highest BCUT2D eigenvalue weighted by Gasteiger charge is 2.37. The van der Waals surface area contributed by atoms with E-state index in [-0.39, 0.29) is 22.9 Å². The Bertz CT molecular complexity index is 1390. The van der Waals surface area contributed by atoms with Crippen molar-refractivity contribution in [2.45, 2.75) is 13.5 Å². The molecule has 1 heterocycles. The molecule has 7 nitrogen and oxygen atoms in total. The number of hydrogen-bond donors (Lipinski definition) is 1. The van der Waals surface area contributed by atoms with E-state index in [4.69, 9.17) is 44.3 Å². The Hall–Kier alpha value is -3.52. The van der Waals surface area contributed by atoms with Crippen LogP contribution < -0.4 is 19.7 Å². The molecule has 0 aromatic heterocycles. The molecule has 1 aliphatic rings. The number of anilines is 1. The average Bonchev–Trinajstić information content (AvgIpc) is 2.81. The highest BCUT2D eigenvalue weighted by Crippen LogP contribution is 2.38. The number of barbiturate groups is 1. The van der Waals surface area contributed by atoms with Gasteiger partial charge in [0.25, 0.3) is 11.8 Å². The Kier molecular flexibility index (Phi) is 7.84. The van der Waals surface area contributed by atoms with Crippen LogP contribution in [0.3, 0.4) is 0 Å². The Labute approximate surface area is 222 Å². The third-order valence-corrected chi connectivity index (χ3v) is 5.83. The van der Waals surface area contributed by atoms with Gasteiger partial charge in [-0.25, -0.2) is 9.69 Å². The maximum absolute atomic E-state index is 13.1. The summed E-state index contributed by atoms with van der Waals surface area (Å²) in [6.45, 7) is 2.31. The number of nitrogens with one attached hydrogen (secondary N) is 1. The number of carbonyl (C=O) groups is 3. The molecule has 0 atom stereocenters. The van der Waals surface area contributed by atoms with Crippen molar-refractivity contribution in [3.63, 3.8) is 0 Å². The molecule has 0 aliphatic carbocycles. The van der Waals surface area contributed by atoms with Crippen LogP contribution in [0, 0.1) is 0 Å². The van der Waals surface area contributed by atoms with Gasteiger partial charge in [0.15, 0.2) is 11.5 Å². The van der Waals surface area contributed by atoms with Gasteiger partial charge in [-0.05, 0) is 66.6 Å². The summed E-state index contributed by atoms with van der Waals surface area (Å²) in [7, 11) is 0. The van der Waals surface area contributed by atoms with Crippen LogP contribution >= 0.6 is 34.8 Å². The fraction of sp³-hybridized carbons (Fsp3) is 0.115. The number of ether oxygens (including phenoxy) is 2. The maximum atomic E-state index is 13.1. The van der Waals surface area contributed by atoms with Crippen LogP contribution in [0.15, 0.2) is 66.2 Å². The number of carbonyl (C=O) groups excluding carboxylic acids is 3. The van der Waals surface area contributed by atoms with Crippen LogP contribution in [0.1, 0.15) is 18.1 Å². The van der Waals surface area contributed by atoms with E-state index < -0.39 is 17.8 Å². The minimum absolute atomic E-state index is 0.193. The molecular formula is C26H19Cl3N2O5. The standard InChI is InChI=1S/C26H19Cl3N2O5/c1-2-35-22-12-16(11-21(29)23(22)36-14-15-5-3-6-17(27)9-15)10-20-24(32)30-26(34)31(25(20)33)19-8-4-7-18(28)13-19/h3-13H,2,14H2,1H3,(H,30,32,34)/b20-10+. The van der Waals surface area contributed by atoms with E-state index in [2.05, 4.69) is 5.32 Å². The fourth-order valence-electron chi connectivity index (χ4n) is 3.53. The van der Waals surface area contributed by atoms with E-state index in [0.717, 1.165) is 10.5 Å². The summed E-state index contributed by atoms with van der Waals surface area (Å²) in [5, 5.41) is 3.29. The van der Waals surface area contributed by atoms with Crippen molar-refractivity contribution >= 4 is 64.4 Å². The van der Waals surface area contributed by atoms with Crippen molar-refractivity contribution in [1.29, 1.82) is 0 Å². The van der Waals surface area contributed by atoms with Crippen LogP contribution in [0.2, 0.25) is 15.1 Å². The highest BCUT2D eigenvalue weighted by atomic mass is 35.5. The average molecular weight is 546 g/mol. The lowest BCUT2D eigenvalue weighted by Crippen LogP contribution is -2.54. The molecule has 4 rings (SSSR count). The van der Waals surface area contributed by atoms with Crippen molar-refractivity contribution in [2.24, 2.45) is 0 Å². The van der Waals surface area contributed by atoms with E-state index in [9.17, 15) is 14.4 Å². The number of imide groups is 2. The van der Waals surface area contributed by atoms with Gasteiger partial charge < -0.3 is 9.47 Å². The van der Waals surface area contributed by atoms with E-state index >= 15 is 0 Å². The largest absolute Gasteiger partial charge is 0.490 e. The summed E-state index contributed by atoms with van der Waals surface area (Å²) in [5.41, 5.74) is 1.20. The van der Waals surface area contributed by atoms with Crippen LogP contribution in [-0.4, -0.2) is 24.5 Å². The first-order valence-corrected chi connectivity index (χ1v) is 11.9. The molecule has 10 heteroatoms. The van der Waals surface area contributed by atoms with Crippen molar-refractivity contribution in [3.8, 4) is 11.5 Å². The molecular weight excluding hydrogens is 527 g/mol. The summed E-state index contributed by atoms with van der Waals surface area (Å²) in [4.78, 5) is 38.9. The number of amides is 4. The monoisotopic (exact) mass is 544 g/mol. The number of rotatable bonds is 7. The molecule has 0 spiro atoms. The predicted octanol–water partition coefficient (Wildman–Crippen LogP) is 6.29. The Balaban J connectivity index is 1.66. The smallest absolute Gasteiger partial charge is 0.335 e. The van der Waals surface area contributed by atoms with Gasteiger partial charge in [-0.15, -0.1) is 0 Å². The van der Waals surface area contributed by atoms with Crippen molar-refractivity contribution in [2.75, 3.05) is 11.5 Å². The van der Waals surface area contributed by atoms with E-state index in [0.29, 0.717) is 33.7 Å². The minimum Gasteiger partial charge on any atom is -0.490 e. The number of hydrogen-bond acceptors (Lipinski definition) is 5. The lowest BCUT2D eigenvalue weighted by molar-refractivity contribution is -0.122. The summed E-state index contributed by atoms with van der Waals surface area (Å²) < 4.78 is 11.6. The molecule has 1 aliphatic heterocycles. The normalized spacial score (nSPS) is 14.7. The zero-order valence-corrected chi connectivity index (χ0v) is 21.2. The van der Waals surface area contributed by atoms with E-state index in [1.54, 1.807) is 37.3 Å². The second-order valence-corrected chi connectivity index (χ2v) is 8.90. The molecule has 0 radical (unpaired) electrons. The van der Waals surface area contributed by atoms with Crippen LogP contribution in [-0.2, 0) is 16.2 Å². The first kappa shape index (κ1) is 25.6. The highest BCUT2D eigenvalue weighted by molar-refractivity contribution is 6.39. The molecule has 0 saturated carbocycles. The summed E-state index contributed by atoms with van der Waals surface area (Å²) in [6.07, 6.45) is 1.33. The van der Waals surface area contributed by atoms with Crippen molar-refractivity contribution < 1.29 is 23.9 Å². The molecule has 0 bridgehead atoms. The van der Waals surface area contributed by atoms with Crippen LogP contribution in [0.25, 0.3) is 6.08 Å². The number of halogens is 3. The summed E-state index contributed by atoms with van der Waals surface area (Å²) in [5.74, 6) is -1.01. The van der Waals surface area contributed by atoms with Gasteiger partial charge in [0.05, 0.1) is 17.3 Å². The van der Waals surface area contributed by atoms with Gasteiger partial charge in [0.1, 0.15) is 12.2 Å². The zero-order valence-electron chi connectivity index (χ0n) is 18.9. The Morgan fingerprint density at radius 1 is 0.917 bits per heavy atom. The lowest BCUT2D eigenvalue weighted by atomic mass is 10.1. The number of benzene rings is 3. The quantitative estimate of drug-likeness (QED) is 0.279. The molecule has 1 saturated heterocycles. The third kappa shape index (κ3) is 5.65. The van der Waals surface area contributed by atoms with Gasteiger partial charge in [-0.2, -0.15) is 0 Å². The zero-order chi connectivity index (χ0) is 25.8. The number of urea groups is 1. The van der Waals surface area contributed by atoms with Gasteiger partial charge in [0, 0.05) is 10.0 Å². The second kappa shape index (κ2) is 11.0. The van der Waals surface area contributed by atoms with Gasteiger partial charge in [0.2, 0.25) is 0 Å². The van der Waals surface area contributed by atoms with Crippen molar-refractivity contribution in [3.05, 3.63) is 92.4 Å². The maximum Gasteiger partial charge on any atom is 0.335 e. The summed E-state index contributed by atoms with van der Waals surface area (Å²) >= 11 is 18.5. The molecule has 1 fully saturated rings. The lowest BCUT2D eigenvalue weighted by Gasteiger charge is -2.26. The molecule has 3 aromatic rings. The fourth-order valence-corrected chi connectivity index (χ4v) is 4.20. The van der Waals surface area contributed by atoms with Gasteiger partial charge in [-0.1, -0.05) is 53.0 Å². The topological polar surface area (TPSA) is 84.9 Å². The molecule has 36 heavy (non-hydrogen) atoms. The van der Waals surface area contributed by atoms with Crippen molar-refractivity contribution in [1.82, 2.24) is 5.32 Å². The van der Waals surface area contributed by atoms with Gasteiger partial charge in [-0.3, -0.25) is 14.9 Å². The predicted molar refractivity (Wildman–Crippen MR) is 139 cm³/mol.